The predicted molar refractivity (Wildman–Crippen MR) is 50.7 cm³/mol. The van der Waals surface area contributed by atoms with Crippen LogP contribution in [0.5, 0.6) is 5.75 Å². The first-order valence-corrected chi connectivity index (χ1v) is 4.34. The van der Waals surface area contributed by atoms with Crippen LogP contribution in [0.25, 0.3) is 10.9 Å². The third kappa shape index (κ3) is 0.876. The van der Waals surface area contributed by atoms with Crippen molar-refractivity contribution in [1.82, 2.24) is 4.98 Å². The lowest BCUT2D eigenvalue weighted by Gasteiger charge is -2.00. The molecule has 1 aromatic carbocycles. The smallest absolute Gasteiger partial charge is 0.126 e. The molecule has 1 aliphatic heterocycles. The minimum atomic E-state index is 0.0364. The molecule has 1 atom stereocenters. The van der Waals surface area contributed by atoms with Crippen LogP contribution in [-0.2, 0) is 0 Å². The molecule has 0 bridgehead atoms. The first kappa shape index (κ1) is 6.97. The summed E-state index contributed by atoms with van der Waals surface area (Å²) in [4.78, 5) is 3.14. The van der Waals surface area contributed by atoms with Crippen molar-refractivity contribution >= 4 is 10.9 Å². The van der Waals surface area contributed by atoms with Crippen molar-refractivity contribution in [3.8, 4) is 5.75 Å². The maximum atomic E-state index is 5.87. The molecular weight excluding hydrogens is 164 g/mol. The minimum absolute atomic E-state index is 0.0364. The molecule has 3 rings (SSSR count). The highest BCUT2D eigenvalue weighted by Gasteiger charge is 2.20. The second kappa shape index (κ2) is 2.26. The van der Waals surface area contributed by atoms with Gasteiger partial charge in [0.15, 0.2) is 0 Å². The van der Waals surface area contributed by atoms with Gasteiger partial charge in [0.1, 0.15) is 12.4 Å². The zero-order valence-corrected chi connectivity index (χ0v) is 7.08. The van der Waals surface area contributed by atoms with Crippen LogP contribution in [0, 0.1) is 0 Å². The molecule has 1 aliphatic rings. The molecule has 0 aliphatic carbocycles. The van der Waals surface area contributed by atoms with Crippen LogP contribution in [0.3, 0.4) is 0 Å². The molecule has 3 N–H and O–H groups in total. The molecule has 0 amide bonds. The van der Waals surface area contributed by atoms with Gasteiger partial charge in [0.05, 0.1) is 6.04 Å². The van der Waals surface area contributed by atoms with Gasteiger partial charge in [-0.25, -0.2) is 0 Å². The quantitative estimate of drug-likeness (QED) is 0.636. The molecule has 0 fully saturated rings. The maximum absolute atomic E-state index is 5.87. The van der Waals surface area contributed by atoms with E-state index in [1.807, 2.05) is 18.3 Å². The summed E-state index contributed by atoms with van der Waals surface area (Å²) in [6.45, 7) is 0.599. The molecule has 0 unspecified atom stereocenters. The van der Waals surface area contributed by atoms with Gasteiger partial charge in [0.2, 0.25) is 0 Å². The Kier molecular flexibility index (Phi) is 1.21. The van der Waals surface area contributed by atoms with Crippen molar-refractivity contribution in [3.05, 3.63) is 30.0 Å². The van der Waals surface area contributed by atoms with Gasteiger partial charge in [-0.1, -0.05) is 0 Å². The molecule has 2 heterocycles. The monoisotopic (exact) mass is 174 g/mol. The fraction of sp³-hybridized carbons (Fsp3) is 0.200. The van der Waals surface area contributed by atoms with Gasteiger partial charge in [-0.05, 0) is 17.5 Å². The third-order valence-corrected chi connectivity index (χ3v) is 2.50. The Labute approximate surface area is 75.5 Å². The van der Waals surface area contributed by atoms with E-state index in [-0.39, 0.29) is 6.04 Å². The number of nitrogens with two attached hydrogens (primary N) is 1. The topological polar surface area (TPSA) is 51.0 Å². The lowest BCUT2D eigenvalue weighted by molar-refractivity contribution is 0.333. The summed E-state index contributed by atoms with van der Waals surface area (Å²) < 4.78 is 5.44. The molecule has 3 heteroatoms. The van der Waals surface area contributed by atoms with Crippen LogP contribution in [0.4, 0.5) is 0 Å². The highest BCUT2D eigenvalue weighted by atomic mass is 16.5. The predicted octanol–water partition coefficient (Wildman–Crippen LogP) is 1.56. The van der Waals surface area contributed by atoms with Gasteiger partial charge in [-0.3, -0.25) is 0 Å². The fourth-order valence-electron chi connectivity index (χ4n) is 1.78. The molecule has 0 saturated heterocycles. The highest BCUT2D eigenvalue weighted by molar-refractivity contribution is 5.82. The first-order valence-electron chi connectivity index (χ1n) is 4.34. The van der Waals surface area contributed by atoms with E-state index in [0.29, 0.717) is 6.61 Å². The van der Waals surface area contributed by atoms with E-state index in [4.69, 9.17) is 10.5 Å². The largest absolute Gasteiger partial charge is 0.491 e. The van der Waals surface area contributed by atoms with Gasteiger partial charge in [-0.2, -0.15) is 0 Å². The summed E-state index contributed by atoms with van der Waals surface area (Å²) in [6, 6.07) is 6.19. The number of aromatic nitrogens is 1. The fourth-order valence-corrected chi connectivity index (χ4v) is 1.78. The van der Waals surface area contributed by atoms with Crippen molar-refractivity contribution in [3.63, 3.8) is 0 Å². The molecule has 2 aromatic rings. The second-order valence-electron chi connectivity index (χ2n) is 3.37. The Morgan fingerprint density at radius 1 is 1.46 bits per heavy atom. The van der Waals surface area contributed by atoms with E-state index in [2.05, 4.69) is 11.1 Å². The number of hydrogen-bond acceptors (Lipinski definition) is 2. The van der Waals surface area contributed by atoms with E-state index < -0.39 is 0 Å². The van der Waals surface area contributed by atoms with Gasteiger partial charge >= 0.3 is 0 Å². The van der Waals surface area contributed by atoms with E-state index in [0.717, 1.165) is 16.8 Å². The lowest BCUT2D eigenvalue weighted by Crippen LogP contribution is -2.10. The number of benzene rings is 1. The lowest BCUT2D eigenvalue weighted by atomic mass is 10.1. The molecule has 0 spiro atoms. The molecule has 1 aromatic heterocycles. The van der Waals surface area contributed by atoms with Gasteiger partial charge in [-0.15, -0.1) is 0 Å². The molecule has 13 heavy (non-hydrogen) atoms. The van der Waals surface area contributed by atoms with Crippen molar-refractivity contribution < 1.29 is 4.74 Å². The number of fused-ring (bicyclic) bond motifs is 2. The van der Waals surface area contributed by atoms with E-state index in [1.54, 1.807) is 0 Å². The van der Waals surface area contributed by atoms with Crippen LogP contribution in [0.15, 0.2) is 24.4 Å². The number of aromatic amines is 1. The average molecular weight is 174 g/mol. The Hall–Kier alpha value is -1.48. The van der Waals surface area contributed by atoms with Crippen molar-refractivity contribution in [2.75, 3.05) is 6.61 Å². The molecule has 0 saturated carbocycles. The Morgan fingerprint density at radius 3 is 3.31 bits per heavy atom. The SMILES string of the molecule is N[C@@H]1COc2cc3[nH]ccc3cc21. The first-order chi connectivity index (χ1) is 6.34. The number of hydrogen-bond donors (Lipinski definition) is 2. The van der Waals surface area contributed by atoms with Gasteiger partial charge in [0.25, 0.3) is 0 Å². The number of H-pyrrole nitrogens is 1. The number of nitrogens with one attached hydrogen (secondary N) is 1. The summed E-state index contributed by atoms with van der Waals surface area (Å²) in [5.74, 6) is 0.919. The second-order valence-corrected chi connectivity index (χ2v) is 3.37. The Morgan fingerprint density at radius 2 is 2.38 bits per heavy atom. The third-order valence-electron chi connectivity index (χ3n) is 2.50. The van der Waals surface area contributed by atoms with Crippen LogP contribution in [0.1, 0.15) is 11.6 Å². The molecule has 66 valence electrons. The summed E-state index contributed by atoms with van der Waals surface area (Å²) in [7, 11) is 0. The molecule has 0 radical (unpaired) electrons. The molecular formula is C10H10N2O. The van der Waals surface area contributed by atoms with E-state index in [9.17, 15) is 0 Å². The summed E-state index contributed by atoms with van der Waals surface area (Å²) in [5.41, 5.74) is 8.09. The number of ether oxygens (including phenoxy) is 1. The number of rotatable bonds is 0. The van der Waals surface area contributed by atoms with Crippen LogP contribution in [-0.4, -0.2) is 11.6 Å². The average Bonchev–Trinajstić information content (AvgIpc) is 2.70. The summed E-state index contributed by atoms with van der Waals surface area (Å²) in [5, 5.41) is 1.19. The van der Waals surface area contributed by atoms with Crippen molar-refractivity contribution in [2.45, 2.75) is 6.04 Å². The normalized spacial score (nSPS) is 20.2. The Bertz CT molecular complexity index is 461. The minimum Gasteiger partial charge on any atom is -0.491 e. The zero-order chi connectivity index (χ0) is 8.84. The van der Waals surface area contributed by atoms with Gasteiger partial charge < -0.3 is 15.5 Å². The van der Waals surface area contributed by atoms with E-state index >= 15 is 0 Å². The summed E-state index contributed by atoms with van der Waals surface area (Å²) >= 11 is 0. The maximum Gasteiger partial charge on any atom is 0.126 e. The zero-order valence-electron chi connectivity index (χ0n) is 7.08. The standard InChI is InChI=1S/C10H10N2O/c11-8-5-13-10-4-9-6(1-2-12-9)3-7(8)10/h1-4,8,12H,5,11H2/t8-/m1/s1. The van der Waals surface area contributed by atoms with Crippen LogP contribution < -0.4 is 10.5 Å². The highest BCUT2D eigenvalue weighted by Crippen LogP contribution is 2.34. The van der Waals surface area contributed by atoms with Crippen molar-refractivity contribution in [2.24, 2.45) is 5.73 Å². The van der Waals surface area contributed by atoms with Crippen molar-refractivity contribution in [1.29, 1.82) is 0 Å². The van der Waals surface area contributed by atoms with Crippen LogP contribution in [0.2, 0.25) is 0 Å². The van der Waals surface area contributed by atoms with E-state index in [1.165, 1.54) is 5.39 Å². The van der Waals surface area contributed by atoms with Crippen LogP contribution >= 0.6 is 0 Å². The van der Waals surface area contributed by atoms with Gasteiger partial charge in [0, 0.05) is 23.3 Å². The Balaban J connectivity index is 2.34. The summed E-state index contributed by atoms with van der Waals surface area (Å²) in [6.07, 6.45) is 1.92. The molecule has 3 nitrogen and oxygen atoms in total.